The van der Waals surface area contributed by atoms with E-state index in [1.165, 1.54) is 0 Å². The van der Waals surface area contributed by atoms with Crippen molar-refractivity contribution in [3.8, 4) is 0 Å². The molecular weight excluding hydrogens is 244 g/mol. The Balaban J connectivity index is 2.11. The number of rotatable bonds is 4. The highest BCUT2D eigenvalue weighted by Crippen LogP contribution is 2.18. The van der Waals surface area contributed by atoms with E-state index in [0.717, 1.165) is 17.1 Å². The average molecular weight is 260 g/mol. The van der Waals surface area contributed by atoms with Crippen molar-refractivity contribution in [2.24, 2.45) is 5.73 Å². The van der Waals surface area contributed by atoms with E-state index in [9.17, 15) is 4.79 Å². The number of hydrogen-bond acceptors (Lipinski definition) is 5. The molecular formula is C13H16N4O2. The van der Waals surface area contributed by atoms with Crippen molar-refractivity contribution in [1.82, 2.24) is 4.98 Å². The fourth-order valence-corrected chi connectivity index (χ4v) is 1.67. The number of benzene rings is 1. The van der Waals surface area contributed by atoms with Gasteiger partial charge in [-0.1, -0.05) is 0 Å². The van der Waals surface area contributed by atoms with Crippen LogP contribution in [0.15, 0.2) is 22.6 Å². The second-order valence-electron chi connectivity index (χ2n) is 4.27. The molecule has 0 aliphatic carbocycles. The summed E-state index contributed by atoms with van der Waals surface area (Å²) in [6, 6.07) is 5.01. The Morgan fingerprint density at radius 3 is 2.74 bits per heavy atom. The third-order valence-electron chi connectivity index (χ3n) is 2.84. The van der Waals surface area contributed by atoms with E-state index in [0.29, 0.717) is 23.7 Å². The minimum atomic E-state index is -0.552. The van der Waals surface area contributed by atoms with Gasteiger partial charge in [-0.25, -0.2) is 4.98 Å². The normalized spacial score (nSPS) is 10.4. The van der Waals surface area contributed by atoms with E-state index >= 15 is 0 Å². The maximum Gasteiger partial charge on any atom is 0.250 e. The first-order valence-electron chi connectivity index (χ1n) is 5.83. The Labute approximate surface area is 110 Å². The van der Waals surface area contributed by atoms with Gasteiger partial charge in [0.05, 0.1) is 17.8 Å². The molecule has 0 radical (unpaired) electrons. The quantitative estimate of drug-likeness (QED) is 0.723. The SMILES string of the molecule is Cc1nc(CNc2ccc(N)c(C(N)=O)c2)oc1C. The number of nitrogens with two attached hydrogens (primary N) is 2. The van der Waals surface area contributed by atoms with E-state index in [1.54, 1.807) is 18.2 Å². The Kier molecular flexibility index (Phi) is 3.41. The van der Waals surface area contributed by atoms with Crippen LogP contribution >= 0.6 is 0 Å². The number of aryl methyl sites for hydroxylation is 2. The summed E-state index contributed by atoms with van der Waals surface area (Å²) in [7, 11) is 0. The highest BCUT2D eigenvalue weighted by Gasteiger charge is 2.08. The van der Waals surface area contributed by atoms with Crippen LogP contribution < -0.4 is 16.8 Å². The molecule has 5 N–H and O–H groups in total. The van der Waals surface area contributed by atoms with E-state index in [4.69, 9.17) is 15.9 Å². The summed E-state index contributed by atoms with van der Waals surface area (Å²) in [4.78, 5) is 15.4. The van der Waals surface area contributed by atoms with E-state index in [-0.39, 0.29) is 0 Å². The van der Waals surface area contributed by atoms with Gasteiger partial charge in [0.25, 0.3) is 5.91 Å². The van der Waals surface area contributed by atoms with Crippen molar-refractivity contribution in [3.05, 3.63) is 41.1 Å². The first-order valence-corrected chi connectivity index (χ1v) is 5.83. The second-order valence-corrected chi connectivity index (χ2v) is 4.27. The maximum atomic E-state index is 11.2. The predicted octanol–water partition coefficient (Wildman–Crippen LogP) is 1.58. The molecule has 0 bridgehead atoms. The van der Waals surface area contributed by atoms with Crippen LogP contribution in [0.5, 0.6) is 0 Å². The summed E-state index contributed by atoms with van der Waals surface area (Å²) in [6.45, 7) is 4.17. The standard InChI is InChI=1S/C13H16N4O2/c1-7-8(2)19-12(17-7)6-16-9-3-4-11(14)10(5-9)13(15)18/h3-5,16H,6,14H2,1-2H3,(H2,15,18). The van der Waals surface area contributed by atoms with Gasteiger partial charge in [0, 0.05) is 11.4 Å². The van der Waals surface area contributed by atoms with Crippen molar-refractivity contribution in [2.75, 3.05) is 11.1 Å². The Hall–Kier alpha value is -2.50. The lowest BCUT2D eigenvalue weighted by Gasteiger charge is -2.07. The molecule has 2 rings (SSSR count). The molecule has 0 unspecified atom stereocenters. The number of oxazole rings is 1. The van der Waals surface area contributed by atoms with Gasteiger partial charge in [0.1, 0.15) is 5.76 Å². The lowest BCUT2D eigenvalue weighted by Crippen LogP contribution is -2.14. The summed E-state index contributed by atoms with van der Waals surface area (Å²) in [5, 5.41) is 3.10. The topological polar surface area (TPSA) is 107 Å². The average Bonchev–Trinajstić information content (AvgIpc) is 2.67. The molecule has 0 aliphatic heterocycles. The summed E-state index contributed by atoms with van der Waals surface area (Å²) in [5.41, 5.74) is 13.2. The summed E-state index contributed by atoms with van der Waals surface area (Å²) < 4.78 is 5.45. The van der Waals surface area contributed by atoms with Gasteiger partial charge in [-0.15, -0.1) is 0 Å². The van der Waals surface area contributed by atoms with Gasteiger partial charge in [0.15, 0.2) is 0 Å². The molecule has 6 nitrogen and oxygen atoms in total. The highest BCUT2D eigenvalue weighted by atomic mass is 16.4. The van der Waals surface area contributed by atoms with Gasteiger partial charge in [-0.3, -0.25) is 4.79 Å². The molecule has 1 amide bonds. The molecule has 6 heteroatoms. The number of carbonyl (C=O) groups is 1. The van der Waals surface area contributed by atoms with Crippen LogP contribution in [-0.2, 0) is 6.54 Å². The molecule has 0 saturated heterocycles. The Bertz CT molecular complexity index is 600. The van der Waals surface area contributed by atoms with Gasteiger partial charge in [-0.2, -0.15) is 0 Å². The predicted molar refractivity (Wildman–Crippen MR) is 72.7 cm³/mol. The third-order valence-corrected chi connectivity index (χ3v) is 2.84. The fourth-order valence-electron chi connectivity index (χ4n) is 1.67. The number of hydrogen-bond donors (Lipinski definition) is 3. The molecule has 1 aromatic heterocycles. The number of nitrogens with zero attached hydrogens (tertiary/aromatic N) is 1. The molecule has 0 fully saturated rings. The van der Waals surface area contributed by atoms with Crippen LogP contribution in [0.25, 0.3) is 0 Å². The lowest BCUT2D eigenvalue weighted by molar-refractivity contribution is 0.100. The first-order chi connectivity index (χ1) is 8.97. The number of aromatic nitrogens is 1. The Morgan fingerprint density at radius 2 is 2.16 bits per heavy atom. The number of nitrogens with one attached hydrogen (secondary N) is 1. The van der Waals surface area contributed by atoms with E-state index in [1.807, 2.05) is 13.8 Å². The minimum Gasteiger partial charge on any atom is -0.444 e. The van der Waals surface area contributed by atoms with Crippen molar-refractivity contribution >= 4 is 17.3 Å². The molecule has 19 heavy (non-hydrogen) atoms. The monoisotopic (exact) mass is 260 g/mol. The van der Waals surface area contributed by atoms with Gasteiger partial charge in [0.2, 0.25) is 5.89 Å². The smallest absolute Gasteiger partial charge is 0.250 e. The maximum absolute atomic E-state index is 11.2. The van der Waals surface area contributed by atoms with Crippen molar-refractivity contribution in [2.45, 2.75) is 20.4 Å². The van der Waals surface area contributed by atoms with Crippen LogP contribution in [0.4, 0.5) is 11.4 Å². The zero-order chi connectivity index (χ0) is 14.0. The second kappa shape index (κ2) is 5.01. The summed E-state index contributed by atoms with van der Waals surface area (Å²) >= 11 is 0. The third kappa shape index (κ3) is 2.85. The van der Waals surface area contributed by atoms with Crippen LogP contribution in [0, 0.1) is 13.8 Å². The molecule has 0 spiro atoms. The van der Waals surface area contributed by atoms with E-state index in [2.05, 4.69) is 10.3 Å². The zero-order valence-corrected chi connectivity index (χ0v) is 10.9. The molecule has 0 saturated carbocycles. The molecule has 1 aromatic carbocycles. The Morgan fingerprint density at radius 1 is 1.42 bits per heavy atom. The summed E-state index contributed by atoms with van der Waals surface area (Å²) in [6.07, 6.45) is 0. The minimum absolute atomic E-state index is 0.296. The van der Waals surface area contributed by atoms with Crippen molar-refractivity contribution < 1.29 is 9.21 Å². The number of nitrogen functional groups attached to an aromatic ring is 1. The highest BCUT2D eigenvalue weighted by molar-refractivity contribution is 5.98. The first kappa shape index (κ1) is 12.9. The van der Waals surface area contributed by atoms with Crippen LogP contribution in [0.3, 0.4) is 0 Å². The molecule has 0 aliphatic rings. The number of anilines is 2. The van der Waals surface area contributed by atoms with Crippen molar-refractivity contribution in [3.63, 3.8) is 0 Å². The lowest BCUT2D eigenvalue weighted by atomic mass is 10.1. The fraction of sp³-hybridized carbons (Fsp3) is 0.231. The number of primary amides is 1. The molecule has 2 aromatic rings. The zero-order valence-electron chi connectivity index (χ0n) is 10.9. The molecule has 100 valence electrons. The molecule has 1 heterocycles. The van der Waals surface area contributed by atoms with Gasteiger partial charge < -0.3 is 21.2 Å². The van der Waals surface area contributed by atoms with Crippen LogP contribution in [0.2, 0.25) is 0 Å². The van der Waals surface area contributed by atoms with Crippen LogP contribution in [0.1, 0.15) is 27.7 Å². The molecule has 0 atom stereocenters. The number of amides is 1. The van der Waals surface area contributed by atoms with Gasteiger partial charge in [-0.05, 0) is 32.0 Å². The van der Waals surface area contributed by atoms with Gasteiger partial charge >= 0.3 is 0 Å². The van der Waals surface area contributed by atoms with Crippen LogP contribution in [-0.4, -0.2) is 10.9 Å². The number of carbonyl (C=O) groups excluding carboxylic acids is 1. The summed E-state index contributed by atoms with van der Waals surface area (Å²) in [5.74, 6) is 0.836. The van der Waals surface area contributed by atoms with Crippen molar-refractivity contribution in [1.29, 1.82) is 0 Å². The van der Waals surface area contributed by atoms with E-state index < -0.39 is 5.91 Å². The largest absolute Gasteiger partial charge is 0.444 e.